The molecule has 0 radical (unpaired) electrons. The van der Waals surface area contributed by atoms with E-state index in [9.17, 15) is 13.2 Å². The lowest BCUT2D eigenvalue weighted by atomic mass is 10.1. The first-order valence-electron chi connectivity index (χ1n) is 10.8. The van der Waals surface area contributed by atoms with Gasteiger partial charge >= 0.3 is 0 Å². The predicted molar refractivity (Wildman–Crippen MR) is 137 cm³/mol. The molecule has 7 heteroatoms. The number of nitrogens with one attached hydrogen (secondary N) is 1. The van der Waals surface area contributed by atoms with Crippen molar-refractivity contribution in [2.45, 2.75) is 18.7 Å². The van der Waals surface area contributed by atoms with E-state index in [1.807, 2.05) is 68.4 Å². The minimum absolute atomic E-state index is 0.116. The van der Waals surface area contributed by atoms with Gasteiger partial charge in [-0.2, -0.15) is 5.10 Å². The maximum atomic E-state index is 13.4. The summed E-state index contributed by atoms with van der Waals surface area (Å²) in [5, 5.41) is 6.14. The number of hydrogen-bond donors (Lipinski definition) is 1. The fraction of sp³-hybridized carbons (Fsp3) is 0.111. The van der Waals surface area contributed by atoms with Crippen molar-refractivity contribution >= 4 is 38.6 Å². The summed E-state index contributed by atoms with van der Waals surface area (Å²) in [4.78, 5) is 12.9. The maximum Gasteiger partial charge on any atom is 0.264 e. The second-order valence-electron chi connectivity index (χ2n) is 8.02. The Balaban J connectivity index is 1.57. The van der Waals surface area contributed by atoms with Gasteiger partial charge in [0, 0.05) is 5.56 Å². The number of aryl methyl sites for hydroxylation is 2. The molecule has 4 rings (SSSR count). The van der Waals surface area contributed by atoms with Crippen LogP contribution in [0, 0.1) is 13.8 Å². The third kappa shape index (κ3) is 5.15. The van der Waals surface area contributed by atoms with E-state index in [1.54, 1.807) is 42.6 Å². The number of nitrogens with zero attached hydrogens (tertiary/aromatic N) is 2. The molecular formula is C27H25N3O3S. The topological polar surface area (TPSA) is 78.8 Å². The number of hydrogen-bond acceptors (Lipinski definition) is 4. The molecule has 0 saturated carbocycles. The molecule has 0 aliphatic heterocycles. The Morgan fingerprint density at radius 3 is 2.18 bits per heavy atom. The first-order valence-corrected chi connectivity index (χ1v) is 12.2. The Hall–Kier alpha value is -3.97. The minimum Gasteiger partial charge on any atom is -0.271 e. The molecule has 1 N–H and O–H groups in total. The average Bonchev–Trinajstić information content (AvgIpc) is 2.83. The molecule has 4 aromatic carbocycles. The molecule has 0 aliphatic rings. The summed E-state index contributed by atoms with van der Waals surface area (Å²) in [5.74, 6) is -0.548. The van der Waals surface area contributed by atoms with Gasteiger partial charge in [-0.3, -0.25) is 9.10 Å². The summed E-state index contributed by atoms with van der Waals surface area (Å²) in [5.41, 5.74) is 5.65. The smallest absolute Gasteiger partial charge is 0.264 e. The Morgan fingerprint density at radius 1 is 0.853 bits per heavy atom. The van der Waals surface area contributed by atoms with Gasteiger partial charge in [0.05, 0.1) is 16.8 Å². The zero-order chi connectivity index (χ0) is 24.1. The molecule has 0 fully saturated rings. The molecule has 1 amide bonds. The third-order valence-electron chi connectivity index (χ3n) is 5.43. The van der Waals surface area contributed by atoms with E-state index in [-0.39, 0.29) is 4.90 Å². The van der Waals surface area contributed by atoms with Gasteiger partial charge in [0.2, 0.25) is 0 Å². The normalized spacial score (nSPS) is 11.6. The van der Waals surface area contributed by atoms with E-state index in [0.29, 0.717) is 5.69 Å². The van der Waals surface area contributed by atoms with Gasteiger partial charge in [-0.25, -0.2) is 13.8 Å². The van der Waals surface area contributed by atoms with Gasteiger partial charge < -0.3 is 0 Å². The Bertz CT molecular complexity index is 1440. The Morgan fingerprint density at radius 2 is 1.47 bits per heavy atom. The molecule has 0 saturated heterocycles. The van der Waals surface area contributed by atoms with E-state index < -0.39 is 22.5 Å². The van der Waals surface area contributed by atoms with Crippen LogP contribution >= 0.6 is 0 Å². The monoisotopic (exact) mass is 471 g/mol. The highest BCUT2D eigenvalue weighted by Crippen LogP contribution is 2.24. The van der Waals surface area contributed by atoms with Crippen molar-refractivity contribution in [2.24, 2.45) is 5.10 Å². The fourth-order valence-corrected chi connectivity index (χ4v) is 4.99. The summed E-state index contributed by atoms with van der Waals surface area (Å²) in [7, 11) is -3.96. The fourth-order valence-electron chi connectivity index (χ4n) is 3.57. The van der Waals surface area contributed by atoms with Gasteiger partial charge in [0.15, 0.2) is 0 Å². The second-order valence-corrected chi connectivity index (χ2v) is 9.88. The van der Waals surface area contributed by atoms with Gasteiger partial charge in [-0.1, -0.05) is 77.9 Å². The van der Waals surface area contributed by atoms with E-state index in [4.69, 9.17) is 0 Å². The minimum atomic E-state index is -3.96. The summed E-state index contributed by atoms with van der Waals surface area (Å²) >= 11 is 0. The van der Waals surface area contributed by atoms with Gasteiger partial charge in [-0.05, 0) is 48.9 Å². The molecular weight excluding hydrogens is 446 g/mol. The van der Waals surface area contributed by atoms with Gasteiger partial charge in [-0.15, -0.1) is 0 Å². The zero-order valence-corrected chi connectivity index (χ0v) is 19.8. The van der Waals surface area contributed by atoms with Crippen LogP contribution in [-0.4, -0.2) is 27.1 Å². The van der Waals surface area contributed by atoms with Gasteiger partial charge in [0.25, 0.3) is 15.9 Å². The van der Waals surface area contributed by atoms with E-state index in [0.717, 1.165) is 31.8 Å². The van der Waals surface area contributed by atoms with Crippen LogP contribution in [0.5, 0.6) is 0 Å². The number of anilines is 1. The van der Waals surface area contributed by atoms with E-state index in [1.165, 1.54) is 0 Å². The van der Waals surface area contributed by atoms with Crippen molar-refractivity contribution in [3.8, 4) is 0 Å². The van der Waals surface area contributed by atoms with E-state index >= 15 is 0 Å². The van der Waals surface area contributed by atoms with Crippen LogP contribution in [0.25, 0.3) is 10.8 Å². The quantitative estimate of drug-likeness (QED) is 0.311. The highest BCUT2D eigenvalue weighted by Gasteiger charge is 2.27. The highest BCUT2D eigenvalue weighted by molar-refractivity contribution is 7.92. The first kappa shape index (κ1) is 23.2. The van der Waals surface area contributed by atoms with Crippen molar-refractivity contribution in [3.05, 3.63) is 108 Å². The number of carbonyl (C=O) groups is 1. The molecule has 6 nitrogen and oxygen atoms in total. The van der Waals surface area contributed by atoms with Crippen LogP contribution in [-0.2, 0) is 14.8 Å². The second kappa shape index (κ2) is 9.89. The largest absolute Gasteiger partial charge is 0.271 e. The number of carbonyl (C=O) groups excluding carboxylic acids is 1. The van der Waals surface area contributed by atoms with Gasteiger partial charge in [0.1, 0.15) is 6.54 Å². The SMILES string of the molecule is Cc1ccc(N(CC(=O)N/N=C\c2cccc3ccccc23)S(=O)(=O)c2ccc(C)cc2)cc1. The van der Waals surface area contributed by atoms with Crippen LogP contribution in [0.4, 0.5) is 5.69 Å². The predicted octanol–water partition coefficient (Wildman–Crippen LogP) is 4.80. The molecule has 172 valence electrons. The lowest BCUT2D eigenvalue weighted by molar-refractivity contribution is -0.119. The summed E-state index contributed by atoms with van der Waals surface area (Å²) < 4.78 is 27.9. The molecule has 0 unspecified atom stereocenters. The third-order valence-corrected chi connectivity index (χ3v) is 7.22. The lowest BCUT2D eigenvalue weighted by Crippen LogP contribution is -2.39. The van der Waals surface area contributed by atoms with Crippen LogP contribution in [0.3, 0.4) is 0 Å². The van der Waals surface area contributed by atoms with E-state index in [2.05, 4.69) is 10.5 Å². The number of rotatable bonds is 7. The van der Waals surface area contributed by atoms with Crippen molar-refractivity contribution < 1.29 is 13.2 Å². The number of sulfonamides is 1. The number of fused-ring (bicyclic) bond motifs is 1. The molecule has 0 spiro atoms. The summed E-state index contributed by atoms with van der Waals surface area (Å²) in [6.07, 6.45) is 1.56. The first-order chi connectivity index (χ1) is 16.3. The molecule has 0 bridgehead atoms. The summed E-state index contributed by atoms with van der Waals surface area (Å²) in [6, 6.07) is 27.2. The molecule has 0 aromatic heterocycles. The Kier molecular flexibility index (Phi) is 6.75. The van der Waals surface area contributed by atoms with Crippen LogP contribution in [0.2, 0.25) is 0 Å². The number of hydrazone groups is 1. The molecule has 4 aromatic rings. The molecule has 0 aliphatic carbocycles. The standard InChI is InChI=1S/C27H25N3O3S/c1-20-10-14-24(15-11-20)30(34(32,33)25-16-12-21(2)13-17-25)19-27(31)29-28-18-23-8-5-7-22-6-3-4-9-26(22)23/h3-18H,19H2,1-2H3,(H,29,31)/b28-18-. The van der Waals surface area contributed by atoms with Crippen LogP contribution in [0.1, 0.15) is 16.7 Å². The average molecular weight is 472 g/mol. The van der Waals surface area contributed by atoms with Crippen molar-refractivity contribution in [1.82, 2.24) is 5.43 Å². The molecule has 0 heterocycles. The van der Waals surface area contributed by atoms with Crippen LogP contribution < -0.4 is 9.73 Å². The Labute approximate surface area is 199 Å². The van der Waals surface area contributed by atoms with Crippen molar-refractivity contribution in [1.29, 1.82) is 0 Å². The summed E-state index contributed by atoms with van der Waals surface area (Å²) in [6.45, 7) is 3.39. The van der Waals surface area contributed by atoms with Crippen molar-refractivity contribution in [2.75, 3.05) is 10.8 Å². The van der Waals surface area contributed by atoms with Crippen molar-refractivity contribution in [3.63, 3.8) is 0 Å². The number of amides is 1. The lowest BCUT2D eigenvalue weighted by Gasteiger charge is -2.24. The number of benzene rings is 4. The maximum absolute atomic E-state index is 13.4. The molecule has 0 atom stereocenters. The highest BCUT2D eigenvalue weighted by atomic mass is 32.2. The zero-order valence-electron chi connectivity index (χ0n) is 19.0. The molecule has 34 heavy (non-hydrogen) atoms. The van der Waals surface area contributed by atoms with Crippen LogP contribution in [0.15, 0.2) is 101 Å².